The maximum atomic E-state index is 11.7. The fourth-order valence-electron chi connectivity index (χ4n) is 1.88. The highest BCUT2D eigenvalue weighted by atomic mass is 16.5. The molecule has 0 saturated heterocycles. The fourth-order valence-corrected chi connectivity index (χ4v) is 1.88. The van der Waals surface area contributed by atoms with E-state index in [4.69, 9.17) is 9.84 Å². The highest BCUT2D eigenvalue weighted by molar-refractivity contribution is 5.86. The Labute approximate surface area is 88.9 Å². The van der Waals surface area contributed by atoms with Gasteiger partial charge >= 0.3 is 11.9 Å². The van der Waals surface area contributed by atoms with E-state index in [0.29, 0.717) is 25.0 Å². The standard InChI is InChI=1S/C11H16O4/c1-3-15-10(14)11(5-4-6-11)8(2)7-9(12)13/h7H,3-6H2,1-2H3,(H,12,13). The number of hydrogen-bond donors (Lipinski definition) is 1. The summed E-state index contributed by atoms with van der Waals surface area (Å²) in [7, 11) is 0. The van der Waals surface area contributed by atoms with Gasteiger partial charge in [-0.2, -0.15) is 0 Å². The molecule has 1 aliphatic carbocycles. The summed E-state index contributed by atoms with van der Waals surface area (Å²) in [4.78, 5) is 22.3. The van der Waals surface area contributed by atoms with Crippen LogP contribution >= 0.6 is 0 Å². The molecule has 0 heterocycles. The molecular formula is C11H16O4. The minimum Gasteiger partial charge on any atom is -0.478 e. The van der Waals surface area contributed by atoms with Crippen molar-refractivity contribution in [1.29, 1.82) is 0 Å². The second-order valence-corrected chi connectivity index (χ2v) is 3.82. The number of esters is 1. The van der Waals surface area contributed by atoms with E-state index in [0.717, 1.165) is 12.5 Å². The van der Waals surface area contributed by atoms with Gasteiger partial charge < -0.3 is 9.84 Å². The molecule has 0 aromatic heterocycles. The van der Waals surface area contributed by atoms with Crippen LogP contribution in [-0.4, -0.2) is 23.7 Å². The van der Waals surface area contributed by atoms with E-state index in [9.17, 15) is 9.59 Å². The van der Waals surface area contributed by atoms with Crippen molar-refractivity contribution in [2.45, 2.75) is 33.1 Å². The van der Waals surface area contributed by atoms with Crippen LogP contribution in [0.15, 0.2) is 11.6 Å². The lowest BCUT2D eigenvalue weighted by Gasteiger charge is -2.39. The Kier molecular flexibility index (Phi) is 3.50. The second kappa shape index (κ2) is 4.47. The number of aliphatic carboxylic acids is 1. The normalized spacial score (nSPS) is 19.2. The highest BCUT2D eigenvalue weighted by Crippen LogP contribution is 2.47. The SMILES string of the molecule is CCOC(=O)C1(C(C)=CC(=O)O)CCC1. The zero-order valence-electron chi connectivity index (χ0n) is 9.08. The summed E-state index contributed by atoms with van der Waals surface area (Å²) in [6, 6.07) is 0. The third-order valence-electron chi connectivity index (χ3n) is 2.97. The van der Waals surface area contributed by atoms with Gasteiger partial charge in [0.2, 0.25) is 0 Å². The van der Waals surface area contributed by atoms with Crippen LogP contribution in [0.3, 0.4) is 0 Å². The average molecular weight is 212 g/mol. The monoisotopic (exact) mass is 212 g/mol. The van der Waals surface area contributed by atoms with Crippen LogP contribution in [0, 0.1) is 5.41 Å². The first-order valence-corrected chi connectivity index (χ1v) is 5.12. The second-order valence-electron chi connectivity index (χ2n) is 3.82. The van der Waals surface area contributed by atoms with E-state index in [1.807, 2.05) is 0 Å². The molecule has 1 N–H and O–H groups in total. The molecule has 1 saturated carbocycles. The molecule has 0 aromatic rings. The molecule has 1 rings (SSSR count). The third kappa shape index (κ3) is 2.19. The van der Waals surface area contributed by atoms with Crippen LogP contribution in [0.1, 0.15) is 33.1 Å². The van der Waals surface area contributed by atoms with Crippen molar-refractivity contribution in [3.63, 3.8) is 0 Å². The molecular weight excluding hydrogens is 196 g/mol. The van der Waals surface area contributed by atoms with E-state index >= 15 is 0 Å². The van der Waals surface area contributed by atoms with Gasteiger partial charge in [-0.1, -0.05) is 6.42 Å². The van der Waals surface area contributed by atoms with Crippen molar-refractivity contribution in [2.24, 2.45) is 5.41 Å². The van der Waals surface area contributed by atoms with Gasteiger partial charge in [0.15, 0.2) is 0 Å². The lowest BCUT2D eigenvalue weighted by Crippen LogP contribution is -2.40. The van der Waals surface area contributed by atoms with Crippen molar-refractivity contribution in [2.75, 3.05) is 6.61 Å². The Morgan fingerprint density at radius 1 is 1.47 bits per heavy atom. The van der Waals surface area contributed by atoms with Gasteiger partial charge in [0.05, 0.1) is 12.0 Å². The van der Waals surface area contributed by atoms with Crippen LogP contribution in [0.2, 0.25) is 0 Å². The quantitative estimate of drug-likeness (QED) is 0.569. The predicted molar refractivity (Wildman–Crippen MR) is 54.3 cm³/mol. The van der Waals surface area contributed by atoms with Gasteiger partial charge in [-0.3, -0.25) is 4.79 Å². The Morgan fingerprint density at radius 2 is 2.07 bits per heavy atom. The molecule has 1 aliphatic rings. The molecule has 0 unspecified atom stereocenters. The summed E-state index contributed by atoms with van der Waals surface area (Å²) in [5.41, 5.74) is -0.0614. The lowest BCUT2D eigenvalue weighted by molar-refractivity contribution is -0.157. The Balaban J connectivity index is 2.85. The molecule has 84 valence electrons. The summed E-state index contributed by atoms with van der Waals surface area (Å²) in [5.74, 6) is -1.30. The van der Waals surface area contributed by atoms with Crippen LogP contribution in [0.25, 0.3) is 0 Å². The zero-order valence-corrected chi connectivity index (χ0v) is 9.08. The number of carboxylic acid groups (broad SMARTS) is 1. The molecule has 4 heteroatoms. The van der Waals surface area contributed by atoms with Crippen LogP contribution in [-0.2, 0) is 14.3 Å². The van der Waals surface area contributed by atoms with Gasteiger partial charge in [0.1, 0.15) is 0 Å². The molecule has 0 bridgehead atoms. The minimum atomic E-state index is -1.01. The molecule has 4 nitrogen and oxygen atoms in total. The summed E-state index contributed by atoms with van der Waals surface area (Å²) < 4.78 is 4.98. The molecule has 1 fully saturated rings. The highest BCUT2D eigenvalue weighted by Gasteiger charge is 2.47. The van der Waals surface area contributed by atoms with Crippen molar-refractivity contribution < 1.29 is 19.4 Å². The predicted octanol–water partition coefficient (Wildman–Crippen LogP) is 1.75. The number of hydrogen-bond acceptors (Lipinski definition) is 3. The van der Waals surface area contributed by atoms with E-state index < -0.39 is 11.4 Å². The maximum absolute atomic E-state index is 11.7. The summed E-state index contributed by atoms with van der Waals surface area (Å²) in [5, 5.41) is 8.65. The van der Waals surface area contributed by atoms with Gasteiger partial charge in [-0.05, 0) is 32.3 Å². The van der Waals surface area contributed by atoms with E-state index in [1.165, 1.54) is 0 Å². The van der Waals surface area contributed by atoms with Gasteiger partial charge in [0, 0.05) is 6.08 Å². The molecule has 0 aromatic carbocycles. The van der Waals surface area contributed by atoms with Crippen LogP contribution < -0.4 is 0 Å². The van der Waals surface area contributed by atoms with Crippen LogP contribution in [0.5, 0.6) is 0 Å². The Bertz CT molecular complexity index is 300. The van der Waals surface area contributed by atoms with Crippen molar-refractivity contribution in [1.82, 2.24) is 0 Å². The van der Waals surface area contributed by atoms with Crippen molar-refractivity contribution in [3.05, 3.63) is 11.6 Å². The van der Waals surface area contributed by atoms with Crippen molar-refractivity contribution >= 4 is 11.9 Å². The number of carboxylic acids is 1. The number of rotatable bonds is 4. The third-order valence-corrected chi connectivity index (χ3v) is 2.97. The summed E-state index contributed by atoms with van der Waals surface area (Å²) >= 11 is 0. The molecule has 0 atom stereocenters. The van der Waals surface area contributed by atoms with Gasteiger partial charge in [-0.15, -0.1) is 0 Å². The zero-order chi connectivity index (χ0) is 11.5. The lowest BCUT2D eigenvalue weighted by atomic mass is 9.64. The van der Waals surface area contributed by atoms with E-state index in [2.05, 4.69) is 0 Å². The topological polar surface area (TPSA) is 63.6 Å². The Hall–Kier alpha value is -1.32. The average Bonchev–Trinajstić information content (AvgIpc) is 2.00. The first kappa shape index (κ1) is 11.8. The summed E-state index contributed by atoms with van der Waals surface area (Å²) in [6.45, 7) is 3.77. The molecule has 0 spiro atoms. The molecule has 0 aliphatic heterocycles. The Morgan fingerprint density at radius 3 is 2.40 bits per heavy atom. The molecule has 0 amide bonds. The number of carbonyl (C=O) groups is 2. The molecule has 15 heavy (non-hydrogen) atoms. The summed E-state index contributed by atoms with van der Waals surface area (Å²) in [6.07, 6.45) is 3.45. The van der Waals surface area contributed by atoms with E-state index in [-0.39, 0.29) is 5.97 Å². The largest absolute Gasteiger partial charge is 0.478 e. The maximum Gasteiger partial charge on any atom is 0.328 e. The number of carbonyl (C=O) groups excluding carboxylic acids is 1. The minimum absolute atomic E-state index is 0.286. The van der Waals surface area contributed by atoms with Gasteiger partial charge in [0.25, 0.3) is 0 Å². The fraction of sp³-hybridized carbons (Fsp3) is 0.636. The molecule has 0 radical (unpaired) electrons. The number of ether oxygens (including phenoxy) is 1. The first-order chi connectivity index (χ1) is 7.03. The smallest absolute Gasteiger partial charge is 0.328 e. The van der Waals surface area contributed by atoms with E-state index in [1.54, 1.807) is 13.8 Å². The van der Waals surface area contributed by atoms with Crippen LogP contribution in [0.4, 0.5) is 0 Å². The van der Waals surface area contributed by atoms with Gasteiger partial charge in [-0.25, -0.2) is 4.79 Å². The van der Waals surface area contributed by atoms with Crippen molar-refractivity contribution in [3.8, 4) is 0 Å². The first-order valence-electron chi connectivity index (χ1n) is 5.12.